The molecule has 1 fully saturated rings. The van der Waals surface area contributed by atoms with Crippen LogP contribution < -0.4 is 10.5 Å². The van der Waals surface area contributed by atoms with Gasteiger partial charge in [-0.25, -0.2) is 40.6 Å². The van der Waals surface area contributed by atoms with Gasteiger partial charge in [0.15, 0.2) is 11.5 Å². The molecule has 0 saturated heterocycles. The Kier molecular flexibility index (Phi) is 8.88. The first-order valence-corrected chi connectivity index (χ1v) is 19.2. The molecule has 8 rings (SSSR count). The number of amides is 1. The number of sulfonamides is 1. The second-order valence-electron chi connectivity index (χ2n) is 14.0. The molecule has 2 aliphatic carbocycles. The number of H-pyrrole nitrogens is 1. The maximum Gasteiger partial charge on any atom is 0.293 e. The van der Waals surface area contributed by atoms with Gasteiger partial charge in [0.1, 0.15) is 41.5 Å². The lowest BCUT2D eigenvalue weighted by atomic mass is 9.84. The van der Waals surface area contributed by atoms with Crippen LogP contribution in [0.4, 0.5) is 32.2 Å². The van der Waals surface area contributed by atoms with E-state index in [0.29, 0.717) is 22.1 Å². The summed E-state index contributed by atoms with van der Waals surface area (Å²) in [4.78, 5) is 26.1. The molecule has 4 N–H and O–H groups in total. The van der Waals surface area contributed by atoms with Crippen LogP contribution in [0.5, 0.6) is 0 Å². The van der Waals surface area contributed by atoms with Gasteiger partial charge < -0.3 is 15.5 Å². The third-order valence-electron chi connectivity index (χ3n) is 10.1. The minimum absolute atomic E-state index is 0.00236. The number of alkyl halides is 4. The zero-order chi connectivity index (χ0) is 40.2. The Balaban J connectivity index is 1.45. The lowest BCUT2D eigenvalue weighted by Crippen LogP contribution is -2.37. The van der Waals surface area contributed by atoms with Crippen molar-refractivity contribution < 1.29 is 44.3 Å². The van der Waals surface area contributed by atoms with E-state index in [1.165, 1.54) is 31.0 Å². The molecule has 0 aliphatic heterocycles. The molecule has 56 heavy (non-hydrogen) atoms. The number of pyridine rings is 1. The van der Waals surface area contributed by atoms with E-state index in [2.05, 4.69) is 24.9 Å². The van der Waals surface area contributed by atoms with Gasteiger partial charge in [0.2, 0.25) is 15.9 Å². The number of anilines is 1. The Hall–Kier alpha value is -5.21. The fraction of sp³-hybridized carbons (Fsp3) is 0.343. The van der Waals surface area contributed by atoms with Gasteiger partial charge in [0.05, 0.1) is 33.4 Å². The van der Waals surface area contributed by atoms with Crippen molar-refractivity contribution in [1.82, 2.24) is 34.5 Å². The van der Waals surface area contributed by atoms with Crippen molar-refractivity contribution in [2.45, 2.75) is 49.7 Å². The molecule has 4 atom stereocenters. The van der Waals surface area contributed by atoms with Gasteiger partial charge in [-0.3, -0.25) is 14.2 Å². The SMILES string of the molecule is COCc1nc2nc([C@@H](Cc3cc(F)cc(F)c3)C(C(N)=O)n3nc(C(F)F)c4c3C(F)(F)[C@@H]3C[C@H]43)c(-c3ccc(Cl)c4c(NS(C)(=O)=O)nn(C)c34)cc2[nH]1. The van der Waals surface area contributed by atoms with Gasteiger partial charge in [0, 0.05) is 48.8 Å². The highest BCUT2D eigenvalue weighted by atomic mass is 35.5. The fourth-order valence-corrected chi connectivity index (χ4v) is 8.73. The van der Waals surface area contributed by atoms with Crippen molar-refractivity contribution >= 4 is 55.4 Å². The monoisotopic (exact) mass is 821 g/mol. The summed E-state index contributed by atoms with van der Waals surface area (Å²) in [5.41, 5.74) is 4.69. The maximum absolute atomic E-state index is 16.1. The Labute approximate surface area is 318 Å². The maximum atomic E-state index is 16.1. The van der Waals surface area contributed by atoms with Crippen molar-refractivity contribution in [3.63, 3.8) is 0 Å². The average molecular weight is 822 g/mol. The molecule has 1 saturated carbocycles. The number of carbonyl (C=O) groups is 1. The smallest absolute Gasteiger partial charge is 0.293 e. The number of fused-ring (bicyclic) bond motifs is 5. The molecule has 4 aromatic heterocycles. The van der Waals surface area contributed by atoms with E-state index < -0.39 is 81.5 Å². The van der Waals surface area contributed by atoms with Crippen LogP contribution in [0.15, 0.2) is 36.4 Å². The molecule has 21 heteroatoms. The minimum atomic E-state index is -3.87. The number of benzene rings is 2. The van der Waals surface area contributed by atoms with Crippen molar-refractivity contribution in [1.29, 1.82) is 0 Å². The van der Waals surface area contributed by atoms with Gasteiger partial charge in [0.25, 0.3) is 12.3 Å². The standard InChI is InChI=1S/C35H30ClF6N9O4S/c1-50-28-16(4-5-21(36)25(28)34(48-50)49-56(3,53)54)17-11-22-33(45-23(44-22)12-55-2)46-26(17)19(8-13-6-14(37)9-15(38)7-13)29(32(43)52)51-30-24(27(47-51)31(39)40)18-10-20(18)35(30,41)42/h4-7,9,11,18-20,29,31H,8,10,12H2,1-3H3,(H2,43,52)(H,48,49)(H,44,45,46)/t18-,19+,20+,29?/m0/s1. The third-order valence-corrected chi connectivity index (χ3v) is 11.0. The number of hydrogen-bond acceptors (Lipinski definition) is 8. The number of primary amides is 1. The number of methoxy groups -OCH3 is 1. The highest BCUT2D eigenvalue weighted by Crippen LogP contribution is 2.68. The molecule has 0 spiro atoms. The van der Waals surface area contributed by atoms with Crippen LogP contribution in [0.2, 0.25) is 5.02 Å². The van der Waals surface area contributed by atoms with Crippen LogP contribution in [0.3, 0.4) is 0 Å². The van der Waals surface area contributed by atoms with Crippen molar-refractivity contribution in [2.24, 2.45) is 18.7 Å². The first-order chi connectivity index (χ1) is 26.4. The Morgan fingerprint density at radius 2 is 1.82 bits per heavy atom. The van der Waals surface area contributed by atoms with Gasteiger partial charge in [-0.15, -0.1) is 0 Å². The number of nitrogens with two attached hydrogens (primary N) is 1. The molecule has 0 radical (unpaired) electrons. The first kappa shape index (κ1) is 37.7. The molecular weight excluding hydrogens is 792 g/mol. The number of nitrogens with zero attached hydrogens (tertiary/aromatic N) is 6. The predicted octanol–water partition coefficient (Wildman–Crippen LogP) is 6.36. The second kappa shape index (κ2) is 13.2. The van der Waals surface area contributed by atoms with Gasteiger partial charge in [-0.05, 0) is 48.6 Å². The van der Waals surface area contributed by atoms with Crippen LogP contribution in [0.1, 0.15) is 64.8 Å². The summed E-state index contributed by atoms with van der Waals surface area (Å²) in [6, 6.07) is 5.07. The molecule has 2 aromatic carbocycles. The minimum Gasteiger partial charge on any atom is -0.377 e. The zero-order valence-electron chi connectivity index (χ0n) is 29.4. The van der Waals surface area contributed by atoms with E-state index in [-0.39, 0.29) is 68.4 Å². The lowest BCUT2D eigenvalue weighted by Gasteiger charge is -2.29. The van der Waals surface area contributed by atoms with E-state index in [9.17, 15) is 30.8 Å². The molecule has 1 amide bonds. The van der Waals surface area contributed by atoms with E-state index in [0.717, 1.165) is 18.4 Å². The number of carbonyl (C=O) groups excluding carboxylic acids is 1. The van der Waals surface area contributed by atoms with Gasteiger partial charge in [-0.1, -0.05) is 17.7 Å². The third kappa shape index (κ3) is 6.23. The number of halogens is 7. The van der Waals surface area contributed by atoms with Crippen LogP contribution in [-0.2, 0) is 45.6 Å². The van der Waals surface area contributed by atoms with E-state index in [1.807, 2.05) is 0 Å². The molecule has 0 bridgehead atoms. The van der Waals surface area contributed by atoms with E-state index in [1.54, 1.807) is 6.07 Å². The zero-order valence-corrected chi connectivity index (χ0v) is 31.0. The number of ether oxygens (including phenoxy) is 1. The number of aryl methyl sites for hydroxylation is 1. The fourth-order valence-electron chi connectivity index (χ4n) is 8.00. The Bertz CT molecular complexity index is 2700. The van der Waals surface area contributed by atoms with E-state index in [4.69, 9.17) is 27.1 Å². The molecular formula is C35H30ClF6N9O4S. The number of nitrogens with one attached hydrogen (secondary N) is 2. The number of imidazole rings is 1. The highest BCUT2D eigenvalue weighted by molar-refractivity contribution is 7.92. The second-order valence-corrected chi connectivity index (χ2v) is 16.1. The largest absolute Gasteiger partial charge is 0.377 e. The Morgan fingerprint density at radius 3 is 2.46 bits per heavy atom. The number of aromatic nitrogens is 7. The summed E-state index contributed by atoms with van der Waals surface area (Å²) in [5, 5.41) is 8.49. The summed E-state index contributed by atoms with van der Waals surface area (Å²) in [6.45, 7) is -0.00236. The average Bonchev–Trinajstić information content (AvgIpc) is 3.36. The van der Waals surface area contributed by atoms with Crippen molar-refractivity contribution in [3.8, 4) is 11.1 Å². The van der Waals surface area contributed by atoms with Crippen LogP contribution >= 0.6 is 11.6 Å². The summed E-state index contributed by atoms with van der Waals surface area (Å²) in [7, 11) is -0.950. The summed E-state index contributed by atoms with van der Waals surface area (Å²) >= 11 is 6.62. The topological polar surface area (TPSA) is 176 Å². The van der Waals surface area contributed by atoms with Crippen molar-refractivity contribution in [3.05, 3.63) is 87.1 Å². The molecule has 6 aromatic rings. The van der Waals surface area contributed by atoms with Crippen LogP contribution in [-0.4, -0.2) is 62.2 Å². The quantitative estimate of drug-likeness (QED) is 0.120. The number of hydrogen-bond donors (Lipinski definition) is 3. The summed E-state index contributed by atoms with van der Waals surface area (Å²) < 4.78 is 125. The molecule has 13 nitrogen and oxygen atoms in total. The molecule has 2 aliphatic rings. The predicted molar refractivity (Wildman–Crippen MR) is 191 cm³/mol. The van der Waals surface area contributed by atoms with Crippen molar-refractivity contribution in [2.75, 3.05) is 18.1 Å². The summed E-state index contributed by atoms with van der Waals surface area (Å²) in [6.07, 6.45) is -2.94. The van der Waals surface area contributed by atoms with Crippen LogP contribution in [0, 0.1) is 17.6 Å². The lowest BCUT2D eigenvalue weighted by molar-refractivity contribution is -0.122. The van der Waals surface area contributed by atoms with Crippen LogP contribution in [0.25, 0.3) is 33.2 Å². The molecule has 1 unspecified atom stereocenters. The van der Waals surface area contributed by atoms with E-state index >= 15 is 8.78 Å². The highest BCUT2D eigenvalue weighted by Gasteiger charge is 2.67. The normalized spacial score (nSPS) is 18.4. The summed E-state index contributed by atoms with van der Waals surface area (Å²) in [5.74, 6) is -10.6. The number of aromatic amines is 1. The molecule has 4 heterocycles. The first-order valence-electron chi connectivity index (χ1n) is 16.9. The van der Waals surface area contributed by atoms with Gasteiger partial charge in [-0.2, -0.15) is 19.0 Å². The number of rotatable bonds is 12. The van der Waals surface area contributed by atoms with Gasteiger partial charge >= 0.3 is 0 Å². The Morgan fingerprint density at radius 1 is 1.11 bits per heavy atom. The molecule has 294 valence electrons.